The van der Waals surface area contributed by atoms with E-state index >= 15 is 0 Å². The third kappa shape index (κ3) is 6.58. The summed E-state index contributed by atoms with van der Waals surface area (Å²) in [6.07, 6.45) is 0. The smallest absolute Gasteiger partial charge is 0.238 e. The molecule has 0 unspecified atom stereocenters. The zero-order chi connectivity index (χ0) is 16.0. The van der Waals surface area contributed by atoms with Gasteiger partial charge in [-0.25, -0.2) is 4.39 Å². The summed E-state index contributed by atoms with van der Waals surface area (Å²) in [6, 6.07) is 4.15. The maximum absolute atomic E-state index is 13.6. The average Bonchev–Trinajstić information content (AvgIpc) is 2.31. The van der Waals surface area contributed by atoms with Gasteiger partial charge in [-0.3, -0.25) is 9.69 Å². The van der Waals surface area contributed by atoms with Crippen LogP contribution in [0.5, 0.6) is 0 Å². The summed E-state index contributed by atoms with van der Waals surface area (Å²) in [4.78, 5) is 14.2. The number of carbonyl (C=O) groups is 1. The molecule has 0 aromatic heterocycles. The fourth-order valence-corrected chi connectivity index (χ4v) is 2.27. The molecule has 1 amide bonds. The first kappa shape index (κ1) is 17.4. The molecule has 0 atom stereocenters. The molecule has 0 fully saturated rings. The highest BCUT2D eigenvalue weighted by molar-refractivity contribution is 5.92. The van der Waals surface area contributed by atoms with Gasteiger partial charge in [0.15, 0.2) is 0 Å². The monoisotopic (exact) mass is 295 g/mol. The van der Waals surface area contributed by atoms with Gasteiger partial charge in [-0.2, -0.15) is 0 Å². The second-order valence-electron chi connectivity index (χ2n) is 6.27. The van der Waals surface area contributed by atoms with Crippen molar-refractivity contribution in [3.05, 3.63) is 24.0 Å². The maximum Gasteiger partial charge on any atom is 0.238 e. The average molecular weight is 295 g/mol. The van der Waals surface area contributed by atoms with Gasteiger partial charge in [0.25, 0.3) is 0 Å². The van der Waals surface area contributed by atoms with E-state index in [1.807, 2.05) is 0 Å². The fraction of sp³-hybridized carbons (Fsp3) is 0.562. The number of halogens is 1. The Bertz CT molecular complexity index is 465. The minimum Gasteiger partial charge on any atom is -0.399 e. The van der Waals surface area contributed by atoms with E-state index < -0.39 is 5.82 Å². The molecule has 21 heavy (non-hydrogen) atoms. The summed E-state index contributed by atoms with van der Waals surface area (Å²) in [5.41, 5.74) is 6.17. The van der Waals surface area contributed by atoms with Crippen molar-refractivity contribution >= 4 is 17.3 Å². The highest BCUT2D eigenvalue weighted by Crippen LogP contribution is 2.17. The lowest BCUT2D eigenvalue weighted by atomic mass is 10.1. The molecule has 0 aliphatic carbocycles. The minimum atomic E-state index is -0.475. The molecule has 0 heterocycles. The lowest BCUT2D eigenvalue weighted by Crippen LogP contribution is -2.38. The summed E-state index contributed by atoms with van der Waals surface area (Å²) in [5, 5.41) is 2.59. The van der Waals surface area contributed by atoms with Gasteiger partial charge >= 0.3 is 0 Å². The standard InChI is InChI=1S/C16H26FN3O/c1-11(2)8-20(9-12(3)4)10-16(21)19-15-7-13(18)5-6-14(15)17/h5-7,11-12H,8-10,18H2,1-4H3,(H,19,21). The molecule has 0 aliphatic heterocycles. The van der Waals surface area contributed by atoms with Crippen molar-refractivity contribution in [3.8, 4) is 0 Å². The molecule has 0 radical (unpaired) electrons. The number of nitrogen functional groups attached to an aromatic ring is 1. The molecule has 1 aromatic rings. The molecule has 118 valence electrons. The first-order valence-electron chi connectivity index (χ1n) is 7.35. The fourth-order valence-electron chi connectivity index (χ4n) is 2.27. The van der Waals surface area contributed by atoms with Crippen molar-refractivity contribution in [2.24, 2.45) is 11.8 Å². The van der Waals surface area contributed by atoms with E-state index in [1.54, 1.807) is 0 Å². The van der Waals surface area contributed by atoms with Gasteiger partial charge in [0.2, 0.25) is 5.91 Å². The maximum atomic E-state index is 13.6. The van der Waals surface area contributed by atoms with E-state index in [0.29, 0.717) is 17.5 Å². The number of nitrogens with one attached hydrogen (secondary N) is 1. The Morgan fingerprint density at radius 2 is 1.81 bits per heavy atom. The van der Waals surface area contributed by atoms with E-state index in [2.05, 4.69) is 37.9 Å². The molecule has 0 spiro atoms. The summed E-state index contributed by atoms with van der Waals surface area (Å²) >= 11 is 0. The van der Waals surface area contributed by atoms with Crippen LogP contribution < -0.4 is 11.1 Å². The van der Waals surface area contributed by atoms with Gasteiger partial charge in [-0.05, 0) is 30.0 Å². The van der Waals surface area contributed by atoms with E-state index in [1.165, 1.54) is 18.2 Å². The zero-order valence-corrected chi connectivity index (χ0v) is 13.3. The van der Waals surface area contributed by atoms with E-state index in [9.17, 15) is 9.18 Å². The van der Waals surface area contributed by atoms with Gasteiger partial charge in [-0.15, -0.1) is 0 Å². The molecule has 0 aliphatic rings. The second kappa shape index (κ2) is 7.98. The summed E-state index contributed by atoms with van der Waals surface area (Å²) in [6.45, 7) is 10.4. The van der Waals surface area contributed by atoms with Crippen LogP contribution in [0.4, 0.5) is 15.8 Å². The molecule has 5 heteroatoms. The third-order valence-corrected chi connectivity index (χ3v) is 2.88. The molecule has 3 N–H and O–H groups in total. The second-order valence-corrected chi connectivity index (χ2v) is 6.27. The number of hydrogen-bond donors (Lipinski definition) is 2. The van der Waals surface area contributed by atoms with Crippen LogP contribution in [0.3, 0.4) is 0 Å². The van der Waals surface area contributed by atoms with E-state index in [0.717, 1.165) is 13.1 Å². The topological polar surface area (TPSA) is 58.4 Å². The van der Waals surface area contributed by atoms with Crippen LogP contribution in [0.15, 0.2) is 18.2 Å². The lowest BCUT2D eigenvalue weighted by molar-refractivity contribution is -0.117. The Kier molecular flexibility index (Phi) is 6.62. The van der Waals surface area contributed by atoms with Gasteiger partial charge in [0.1, 0.15) is 5.82 Å². The van der Waals surface area contributed by atoms with Gasteiger partial charge in [0.05, 0.1) is 12.2 Å². The highest BCUT2D eigenvalue weighted by Gasteiger charge is 2.15. The zero-order valence-electron chi connectivity index (χ0n) is 13.3. The molecule has 0 saturated carbocycles. The van der Waals surface area contributed by atoms with Crippen LogP contribution in [-0.4, -0.2) is 30.4 Å². The number of nitrogens with two attached hydrogens (primary N) is 1. The number of hydrogen-bond acceptors (Lipinski definition) is 3. The van der Waals surface area contributed by atoms with Crippen LogP contribution in [0.2, 0.25) is 0 Å². The van der Waals surface area contributed by atoms with E-state index in [-0.39, 0.29) is 18.1 Å². The molecule has 0 saturated heterocycles. The Hall–Kier alpha value is -1.62. The predicted molar refractivity (Wildman–Crippen MR) is 85.6 cm³/mol. The Labute approximate surface area is 126 Å². The van der Waals surface area contributed by atoms with Crippen LogP contribution in [0, 0.1) is 17.7 Å². The van der Waals surface area contributed by atoms with Crippen LogP contribution >= 0.6 is 0 Å². The molecule has 4 nitrogen and oxygen atoms in total. The van der Waals surface area contributed by atoms with Crippen molar-refractivity contribution in [2.45, 2.75) is 27.7 Å². The van der Waals surface area contributed by atoms with Crippen LogP contribution in [-0.2, 0) is 4.79 Å². The number of rotatable bonds is 7. The summed E-state index contributed by atoms with van der Waals surface area (Å²) in [5.74, 6) is 0.249. The van der Waals surface area contributed by atoms with Crippen molar-refractivity contribution < 1.29 is 9.18 Å². The number of amides is 1. The lowest BCUT2D eigenvalue weighted by Gasteiger charge is -2.25. The molecular formula is C16H26FN3O. The van der Waals surface area contributed by atoms with Crippen molar-refractivity contribution in [2.75, 3.05) is 30.7 Å². The molecule has 0 bridgehead atoms. The first-order valence-corrected chi connectivity index (χ1v) is 7.35. The van der Waals surface area contributed by atoms with Crippen molar-refractivity contribution in [1.29, 1.82) is 0 Å². The minimum absolute atomic E-state index is 0.133. The number of benzene rings is 1. The van der Waals surface area contributed by atoms with Gasteiger partial charge in [0, 0.05) is 18.8 Å². The van der Waals surface area contributed by atoms with Crippen LogP contribution in [0.25, 0.3) is 0 Å². The van der Waals surface area contributed by atoms with Crippen LogP contribution in [0.1, 0.15) is 27.7 Å². The normalized spacial score (nSPS) is 11.4. The Balaban J connectivity index is 2.66. The summed E-state index contributed by atoms with van der Waals surface area (Å²) in [7, 11) is 0. The Morgan fingerprint density at radius 1 is 1.24 bits per heavy atom. The molecular weight excluding hydrogens is 269 g/mol. The predicted octanol–water partition coefficient (Wildman–Crippen LogP) is 2.96. The quantitative estimate of drug-likeness (QED) is 0.760. The largest absolute Gasteiger partial charge is 0.399 e. The molecule has 1 aromatic carbocycles. The van der Waals surface area contributed by atoms with Crippen molar-refractivity contribution in [1.82, 2.24) is 4.90 Å². The third-order valence-electron chi connectivity index (χ3n) is 2.88. The number of nitrogens with zero attached hydrogens (tertiary/aromatic N) is 1. The van der Waals surface area contributed by atoms with Gasteiger partial charge in [-0.1, -0.05) is 27.7 Å². The number of carbonyl (C=O) groups excluding carboxylic acids is 1. The summed E-state index contributed by atoms with van der Waals surface area (Å²) < 4.78 is 13.6. The van der Waals surface area contributed by atoms with Gasteiger partial charge < -0.3 is 11.1 Å². The highest BCUT2D eigenvalue weighted by atomic mass is 19.1. The Morgan fingerprint density at radius 3 is 2.33 bits per heavy atom. The SMILES string of the molecule is CC(C)CN(CC(=O)Nc1cc(N)ccc1F)CC(C)C. The molecule has 1 rings (SSSR count). The van der Waals surface area contributed by atoms with Crippen molar-refractivity contribution in [3.63, 3.8) is 0 Å². The first-order chi connectivity index (χ1) is 9.77. The number of anilines is 2. The van der Waals surface area contributed by atoms with E-state index in [4.69, 9.17) is 5.73 Å².